The molecule has 0 aromatic carbocycles. The molecule has 3 amide bonds. The average molecular weight is 387 g/mol. The van der Waals surface area contributed by atoms with Gasteiger partial charge in [0.25, 0.3) is 11.8 Å². The van der Waals surface area contributed by atoms with Gasteiger partial charge < -0.3 is 15.5 Å². The minimum atomic E-state index is -1.03. The summed E-state index contributed by atoms with van der Waals surface area (Å²) in [7, 11) is 1.64. The van der Waals surface area contributed by atoms with Gasteiger partial charge in [0.05, 0.1) is 6.54 Å². The number of nitrogens with one attached hydrogen (secondary N) is 2. The zero-order chi connectivity index (χ0) is 19.9. The Hall–Kier alpha value is -2.38. The van der Waals surface area contributed by atoms with E-state index in [0.29, 0.717) is 5.69 Å². The first-order chi connectivity index (χ1) is 13.4. The van der Waals surface area contributed by atoms with Gasteiger partial charge in [-0.25, -0.2) is 0 Å². The summed E-state index contributed by atoms with van der Waals surface area (Å²) in [5.41, 5.74) is -0.438. The largest absolute Gasteiger partial charge is 0.351 e. The van der Waals surface area contributed by atoms with Crippen molar-refractivity contribution in [2.24, 2.45) is 0 Å². The van der Waals surface area contributed by atoms with Gasteiger partial charge >= 0.3 is 0 Å². The van der Waals surface area contributed by atoms with Crippen LogP contribution in [0.5, 0.6) is 0 Å². The van der Waals surface area contributed by atoms with Gasteiger partial charge in [0, 0.05) is 25.2 Å². The summed E-state index contributed by atoms with van der Waals surface area (Å²) in [4.78, 5) is 39.9. The summed E-state index contributed by atoms with van der Waals surface area (Å²) in [5, 5.41) is 10.5. The Balaban J connectivity index is 1.52. The van der Waals surface area contributed by atoms with Gasteiger partial charge in [0.15, 0.2) is 5.69 Å². The van der Waals surface area contributed by atoms with Crippen molar-refractivity contribution < 1.29 is 14.4 Å². The van der Waals surface area contributed by atoms with Gasteiger partial charge in [-0.1, -0.05) is 25.7 Å². The van der Waals surface area contributed by atoms with Gasteiger partial charge in [0.1, 0.15) is 11.2 Å². The van der Waals surface area contributed by atoms with Crippen LogP contribution in [-0.2, 0) is 11.3 Å². The Bertz CT molecular complexity index is 792. The van der Waals surface area contributed by atoms with Gasteiger partial charge in [-0.2, -0.15) is 5.10 Å². The van der Waals surface area contributed by atoms with Crippen molar-refractivity contribution in [2.45, 2.75) is 82.5 Å². The fourth-order valence-corrected chi connectivity index (χ4v) is 4.58. The Labute approximate surface area is 165 Å². The highest BCUT2D eigenvalue weighted by atomic mass is 16.2. The number of carbonyl (C=O) groups excluding carboxylic acids is 3. The first kappa shape index (κ1) is 19.0. The van der Waals surface area contributed by atoms with Crippen LogP contribution in [0.4, 0.5) is 0 Å². The second kappa shape index (κ2) is 7.22. The van der Waals surface area contributed by atoms with E-state index >= 15 is 0 Å². The van der Waals surface area contributed by atoms with Crippen LogP contribution in [0, 0.1) is 0 Å². The molecule has 1 unspecified atom stereocenters. The number of nitrogens with zero attached hydrogens (tertiary/aromatic N) is 3. The summed E-state index contributed by atoms with van der Waals surface area (Å²) in [6.07, 6.45) is 8.44. The number of aromatic nitrogens is 2. The monoisotopic (exact) mass is 387 g/mol. The van der Waals surface area contributed by atoms with Crippen molar-refractivity contribution in [3.8, 4) is 0 Å². The van der Waals surface area contributed by atoms with Crippen LogP contribution in [0.15, 0.2) is 6.07 Å². The van der Waals surface area contributed by atoms with Crippen LogP contribution < -0.4 is 10.6 Å². The van der Waals surface area contributed by atoms with Crippen LogP contribution in [0.3, 0.4) is 0 Å². The molecule has 1 atom stereocenters. The number of hydrogen-bond donors (Lipinski definition) is 2. The number of amides is 3. The predicted molar refractivity (Wildman–Crippen MR) is 103 cm³/mol. The Morgan fingerprint density at radius 3 is 2.25 bits per heavy atom. The molecule has 0 spiro atoms. The lowest BCUT2D eigenvalue weighted by Crippen LogP contribution is -2.63. The Morgan fingerprint density at radius 1 is 1.07 bits per heavy atom. The van der Waals surface area contributed by atoms with E-state index in [0.717, 1.165) is 51.4 Å². The van der Waals surface area contributed by atoms with E-state index in [1.165, 1.54) is 15.6 Å². The van der Waals surface area contributed by atoms with E-state index in [1.54, 1.807) is 14.0 Å². The van der Waals surface area contributed by atoms with E-state index in [1.807, 2.05) is 0 Å². The SMILES string of the molecule is CN1C(=O)c2cc(C(=O)NC3CCCC3)nn2CC1(C)C(=O)NC1CCCC1. The maximum atomic E-state index is 13.0. The first-order valence-electron chi connectivity index (χ1n) is 10.4. The molecule has 2 fully saturated rings. The molecule has 28 heavy (non-hydrogen) atoms. The molecule has 1 aromatic rings. The van der Waals surface area contributed by atoms with Crippen molar-refractivity contribution in [3.63, 3.8) is 0 Å². The van der Waals surface area contributed by atoms with E-state index in [-0.39, 0.29) is 42.0 Å². The fraction of sp³-hybridized carbons (Fsp3) is 0.700. The summed E-state index contributed by atoms with van der Waals surface area (Å²) in [6.45, 7) is 2.00. The van der Waals surface area contributed by atoms with E-state index in [4.69, 9.17) is 0 Å². The number of carbonyl (C=O) groups is 3. The van der Waals surface area contributed by atoms with Crippen LogP contribution in [0.25, 0.3) is 0 Å². The van der Waals surface area contributed by atoms with E-state index < -0.39 is 5.54 Å². The minimum Gasteiger partial charge on any atom is -0.351 e. The molecule has 0 radical (unpaired) electrons. The zero-order valence-corrected chi connectivity index (χ0v) is 16.7. The highest BCUT2D eigenvalue weighted by Crippen LogP contribution is 2.27. The molecular formula is C20H29N5O3. The molecule has 3 aliphatic rings. The molecule has 4 rings (SSSR count). The second-order valence-corrected chi connectivity index (χ2v) is 8.62. The lowest BCUT2D eigenvalue weighted by Gasteiger charge is -2.41. The third-order valence-electron chi connectivity index (χ3n) is 6.60. The predicted octanol–water partition coefficient (Wildman–Crippen LogP) is 1.46. The number of likely N-dealkylation sites (N-methyl/N-ethyl adjacent to an activating group) is 1. The molecule has 2 saturated carbocycles. The van der Waals surface area contributed by atoms with Crippen LogP contribution in [0.1, 0.15) is 79.3 Å². The summed E-state index contributed by atoms with van der Waals surface area (Å²) in [6, 6.07) is 1.91. The molecular weight excluding hydrogens is 358 g/mol. The summed E-state index contributed by atoms with van der Waals surface area (Å²) in [5.74, 6) is -0.697. The maximum absolute atomic E-state index is 13.0. The molecule has 152 valence electrons. The highest BCUT2D eigenvalue weighted by molar-refractivity contribution is 6.01. The summed E-state index contributed by atoms with van der Waals surface area (Å²) < 4.78 is 1.51. The summed E-state index contributed by atoms with van der Waals surface area (Å²) >= 11 is 0. The van der Waals surface area contributed by atoms with Crippen LogP contribution in [-0.4, -0.2) is 57.1 Å². The third kappa shape index (κ3) is 3.29. The number of hydrogen-bond acceptors (Lipinski definition) is 4. The van der Waals surface area contributed by atoms with Gasteiger partial charge in [-0.15, -0.1) is 0 Å². The highest BCUT2D eigenvalue weighted by Gasteiger charge is 2.47. The van der Waals surface area contributed by atoms with Crippen molar-refractivity contribution in [1.29, 1.82) is 0 Å². The topological polar surface area (TPSA) is 96.3 Å². The molecule has 0 saturated heterocycles. The minimum absolute atomic E-state index is 0.159. The fourth-order valence-electron chi connectivity index (χ4n) is 4.58. The molecule has 2 heterocycles. The average Bonchev–Trinajstić information content (AvgIpc) is 3.41. The van der Waals surface area contributed by atoms with Crippen molar-refractivity contribution >= 4 is 17.7 Å². The second-order valence-electron chi connectivity index (χ2n) is 8.62. The smallest absolute Gasteiger partial charge is 0.272 e. The zero-order valence-electron chi connectivity index (χ0n) is 16.7. The first-order valence-corrected chi connectivity index (χ1v) is 10.4. The molecule has 0 bridgehead atoms. The van der Waals surface area contributed by atoms with Crippen LogP contribution in [0.2, 0.25) is 0 Å². The van der Waals surface area contributed by atoms with E-state index in [2.05, 4.69) is 15.7 Å². The lowest BCUT2D eigenvalue weighted by molar-refractivity contribution is -0.133. The van der Waals surface area contributed by atoms with Crippen molar-refractivity contribution in [1.82, 2.24) is 25.3 Å². The normalized spacial score (nSPS) is 25.8. The van der Waals surface area contributed by atoms with Gasteiger partial charge in [0.2, 0.25) is 5.91 Å². The third-order valence-corrected chi connectivity index (χ3v) is 6.60. The molecule has 1 aromatic heterocycles. The molecule has 1 aliphatic heterocycles. The Morgan fingerprint density at radius 2 is 1.64 bits per heavy atom. The van der Waals surface area contributed by atoms with Gasteiger partial charge in [-0.05, 0) is 32.6 Å². The lowest BCUT2D eigenvalue weighted by atomic mass is 9.95. The Kier molecular flexibility index (Phi) is 4.89. The van der Waals surface area contributed by atoms with Crippen LogP contribution >= 0.6 is 0 Å². The van der Waals surface area contributed by atoms with Crippen molar-refractivity contribution in [2.75, 3.05) is 7.05 Å². The molecule has 8 nitrogen and oxygen atoms in total. The molecule has 2 aliphatic carbocycles. The number of fused-ring (bicyclic) bond motifs is 1. The van der Waals surface area contributed by atoms with E-state index in [9.17, 15) is 14.4 Å². The number of rotatable bonds is 4. The molecule has 2 N–H and O–H groups in total. The standard InChI is InChI=1S/C20H29N5O3/c1-20(19(28)22-14-9-5-6-10-14)12-25-16(18(27)24(20)2)11-15(23-25)17(26)21-13-7-3-4-8-13/h11,13-14H,3-10,12H2,1-2H3,(H,21,26)(H,22,28). The molecule has 8 heteroatoms. The quantitative estimate of drug-likeness (QED) is 0.817. The maximum Gasteiger partial charge on any atom is 0.272 e. The van der Waals surface area contributed by atoms with Gasteiger partial charge in [-0.3, -0.25) is 19.1 Å². The van der Waals surface area contributed by atoms with Crippen molar-refractivity contribution in [3.05, 3.63) is 17.5 Å².